The average molecular weight is 424 g/mol. The van der Waals surface area contributed by atoms with Crippen LogP contribution in [0.1, 0.15) is 30.3 Å². The van der Waals surface area contributed by atoms with Crippen molar-refractivity contribution >= 4 is 23.7 Å². The molecule has 8 heteroatoms. The zero-order chi connectivity index (χ0) is 21.3. The number of urea groups is 1. The van der Waals surface area contributed by atoms with Gasteiger partial charge in [0.05, 0.1) is 5.75 Å². The molecule has 0 aliphatic heterocycles. The quantitative estimate of drug-likeness (QED) is 0.542. The number of nitrogens with one attached hydrogen (secondary N) is 2. The summed E-state index contributed by atoms with van der Waals surface area (Å²) in [5.41, 5.74) is 3.18. The highest BCUT2D eigenvalue weighted by Gasteiger charge is 2.17. The molecule has 0 aliphatic rings. The second-order valence-electron chi connectivity index (χ2n) is 6.83. The lowest BCUT2D eigenvalue weighted by Crippen LogP contribution is -2.40. The molecule has 0 radical (unpaired) electrons. The molecule has 3 aromatic rings. The minimum absolute atomic E-state index is 0.0643. The van der Waals surface area contributed by atoms with Gasteiger partial charge in [-0.2, -0.15) is 0 Å². The van der Waals surface area contributed by atoms with Gasteiger partial charge in [-0.3, -0.25) is 14.7 Å². The summed E-state index contributed by atoms with van der Waals surface area (Å²) >= 11 is 1.25. The van der Waals surface area contributed by atoms with Gasteiger partial charge in [0, 0.05) is 18.7 Å². The fraction of sp³-hybridized carbons (Fsp3) is 0.273. The minimum Gasteiger partial charge on any atom is -0.338 e. The lowest BCUT2D eigenvalue weighted by Gasteiger charge is -2.11. The Bertz CT molecular complexity index is 1000. The molecule has 0 aliphatic carbocycles. The number of rotatable bonds is 8. The summed E-state index contributed by atoms with van der Waals surface area (Å²) in [5.74, 6) is 0.474. The lowest BCUT2D eigenvalue weighted by atomic mass is 10.1. The van der Waals surface area contributed by atoms with Gasteiger partial charge in [0.2, 0.25) is 5.91 Å². The van der Waals surface area contributed by atoms with E-state index in [4.69, 9.17) is 0 Å². The predicted octanol–water partition coefficient (Wildman–Crippen LogP) is 3.49. The summed E-state index contributed by atoms with van der Waals surface area (Å²) in [6, 6.07) is 17.6. The van der Waals surface area contributed by atoms with Crippen LogP contribution in [0.25, 0.3) is 5.69 Å². The Labute approximate surface area is 180 Å². The van der Waals surface area contributed by atoms with Crippen molar-refractivity contribution in [2.45, 2.75) is 31.8 Å². The van der Waals surface area contributed by atoms with Gasteiger partial charge in [0.15, 0.2) is 5.16 Å². The molecule has 0 spiro atoms. The number of benzene rings is 2. The summed E-state index contributed by atoms with van der Waals surface area (Å²) in [6.45, 7) is 4.50. The summed E-state index contributed by atoms with van der Waals surface area (Å²) in [7, 11) is 0. The molecule has 0 saturated carbocycles. The van der Waals surface area contributed by atoms with Crippen molar-refractivity contribution in [3.05, 3.63) is 71.5 Å². The van der Waals surface area contributed by atoms with Gasteiger partial charge in [-0.25, -0.2) is 4.79 Å². The molecule has 0 saturated heterocycles. The molecule has 2 N–H and O–H groups in total. The molecular formula is C22H25N5O2S. The van der Waals surface area contributed by atoms with Gasteiger partial charge < -0.3 is 5.32 Å². The second-order valence-corrected chi connectivity index (χ2v) is 7.77. The Balaban J connectivity index is 1.78. The maximum Gasteiger partial charge on any atom is 0.321 e. The van der Waals surface area contributed by atoms with Crippen LogP contribution in [0.4, 0.5) is 4.79 Å². The van der Waals surface area contributed by atoms with Crippen LogP contribution in [0.5, 0.6) is 0 Å². The Kier molecular flexibility index (Phi) is 7.62. The van der Waals surface area contributed by atoms with Crippen molar-refractivity contribution in [3.8, 4) is 5.69 Å². The first-order valence-electron chi connectivity index (χ1n) is 9.82. The zero-order valence-corrected chi connectivity index (χ0v) is 17.9. The van der Waals surface area contributed by atoms with E-state index in [0.717, 1.165) is 29.1 Å². The Morgan fingerprint density at radius 3 is 2.60 bits per heavy atom. The van der Waals surface area contributed by atoms with Crippen LogP contribution in [-0.4, -0.2) is 39.0 Å². The molecule has 1 heterocycles. The number of carbonyl (C=O) groups excluding carboxylic acids is 2. The molecule has 3 rings (SSSR count). The van der Waals surface area contributed by atoms with Crippen molar-refractivity contribution in [1.82, 2.24) is 25.4 Å². The van der Waals surface area contributed by atoms with Crippen molar-refractivity contribution in [2.24, 2.45) is 0 Å². The molecule has 3 amide bonds. The van der Waals surface area contributed by atoms with Crippen molar-refractivity contribution in [2.75, 3.05) is 12.3 Å². The van der Waals surface area contributed by atoms with Crippen LogP contribution in [0.2, 0.25) is 0 Å². The molecule has 0 unspecified atom stereocenters. The smallest absolute Gasteiger partial charge is 0.321 e. The summed E-state index contributed by atoms with van der Waals surface area (Å²) in [4.78, 5) is 23.8. The zero-order valence-electron chi connectivity index (χ0n) is 17.1. The van der Waals surface area contributed by atoms with Gasteiger partial charge in [-0.05, 0) is 36.6 Å². The number of aromatic nitrogens is 3. The molecule has 2 aromatic carbocycles. The topological polar surface area (TPSA) is 88.9 Å². The minimum atomic E-state index is -0.479. The van der Waals surface area contributed by atoms with E-state index < -0.39 is 6.03 Å². The fourth-order valence-electron chi connectivity index (χ4n) is 2.89. The van der Waals surface area contributed by atoms with Crippen molar-refractivity contribution < 1.29 is 9.59 Å². The monoisotopic (exact) mass is 423 g/mol. The SMILES string of the molecule is CCCNC(=O)NC(=O)CSc1nnc(Cc2ccccc2)n1-c1cccc(C)c1. The number of amides is 3. The largest absolute Gasteiger partial charge is 0.338 e. The molecule has 0 fully saturated rings. The van der Waals surface area contributed by atoms with Crippen molar-refractivity contribution in [3.63, 3.8) is 0 Å². The number of carbonyl (C=O) groups is 2. The van der Waals surface area contributed by atoms with Gasteiger partial charge in [-0.1, -0.05) is 61.2 Å². The van der Waals surface area contributed by atoms with E-state index >= 15 is 0 Å². The van der Waals surface area contributed by atoms with Crippen molar-refractivity contribution in [1.29, 1.82) is 0 Å². The predicted molar refractivity (Wildman–Crippen MR) is 118 cm³/mol. The lowest BCUT2D eigenvalue weighted by molar-refractivity contribution is -0.117. The van der Waals surface area contributed by atoms with Crippen LogP contribution in [0.15, 0.2) is 59.8 Å². The first-order chi connectivity index (χ1) is 14.6. The highest BCUT2D eigenvalue weighted by molar-refractivity contribution is 7.99. The third-order valence-electron chi connectivity index (χ3n) is 4.29. The third-order valence-corrected chi connectivity index (χ3v) is 5.22. The first-order valence-corrected chi connectivity index (χ1v) is 10.8. The number of nitrogens with zero attached hydrogens (tertiary/aromatic N) is 3. The summed E-state index contributed by atoms with van der Waals surface area (Å²) in [6.07, 6.45) is 1.42. The third kappa shape index (κ3) is 5.93. The second kappa shape index (κ2) is 10.6. The van der Waals surface area contributed by atoms with E-state index in [1.54, 1.807) is 0 Å². The van der Waals surface area contributed by atoms with E-state index in [1.165, 1.54) is 11.8 Å². The number of thioether (sulfide) groups is 1. The molecule has 0 bridgehead atoms. The van der Waals surface area contributed by atoms with Crippen LogP contribution in [-0.2, 0) is 11.2 Å². The molecule has 7 nitrogen and oxygen atoms in total. The van der Waals surface area contributed by atoms with Gasteiger partial charge >= 0.3 is 6.03 Å². The number of aryl methyl sites for hydroxylation is 1. The normalized spacial score (nSPS) is 10.6. The Hall–Kier alpha value is -3.13. The van der Waals surface area contributed by atoms with Gasteiger partial charge in [0.25, 0.3) is 0 Å². The number of imide groups is 1. The molecule has 1 aromatic heterocycles. The maximum atomic E-state index is 12.1. The Morgan fingerprint density at radius 2 is 1.87 bits per heavy atom. The van der Waals surface area contributed by atoms with Crippen LogP contribution >= 0.6 is 11.8 Å². The van der Waals surface area contributed by atoms with E-state index in [2.05, 4.69) is 26.9 Å². The molecule has 30 heavy (non-hydrogen) atoms. The summed E-state index contributed by atoms with van der Waals surface area (Å²) < 4.78 is 1.97. The Morgan fingerprint density at radius 1 is 1.07 bits per heavy atom. The van der Waals surface area contributed by atoms with Crippen LogP contribution in [0.3, 0.4) is 0 Å². The van der Waals surface area contributed by atoms with E-state index in [0.29, 0.717) is 18.1 Å². The summed E-state index contributed by atoms with van der Waals surface area (Å²) in [5, 5.41) is 14.3. The maximum absolute atomic E-state index is 12.1. The van der Waals surface area contributed by atoms with E-state index in [9.17, 15) is 9.59 Å². The first kappa shape index (κ1) is 21.6. The highest BCUT2D eigenvalue weighted by Crippen LogP contribution is 2.24. The number of hydrogen-bond acceptors (Lipinski definition) is 5. The van der Waals surface area contributed by atoms with E-state index in [1.807, 2.05) is 66.9 Å². The van der Waals surface area contributed by atoms with Crippen LogP contribution < -0.4 is 10.6 Å². The standard InChI is InChI=1S/C22H25N5O2S/c1-3-12-23-21(29)24-20(28)15-30-22-26-25-19(14-17-9-5-4-6-10-17)27(22)18-11-7-8-16(2)13-18/h4-11,13H,3,12,14-15H2,1-2H3,(H2,23,24,28,29). The van der Waals surface area contributed by atoms with Crippen LogP contribution in [0, 0.1) is 6.92 Å². The number of hydrogen-bond donors (Lipinski definition) is 2. The van der Waals surface area contributed by atoms with Gasteiger partial charge in [0.1, 0.15) is 5.82 Å². The fourth-order valence-corrected chi connectivity index (χ4v) is 3.66. The average Bonchev–Trinajstić information content (AvgIpc) is 3.14. The van der Waals surface area contributed by atoms with Gasteiger partial charge in [-0.15, -0.1) is 10.2 Å². The molecule has 0 atom stereocenters. The molecule has 156 valence electrons. The van der Waals surface area contributed by atoms with E-state index in [-0.39, 0.29) is 11.7 Å². The molecular weight excluding hydrogens is 398 g/mol. The highest BCUT2D eigenvalue weighted by atomic mass is 32.2.